The molecule has 0 aliphatic heterocycles. The number of nitrogens with zero attached hydrogens (tertiary/aromatic N) is 2. The highest BCUT2D eigenvalue weighted by molar-refractivity contribution is 5.95. The molecule has 1 aromatic heterocycles. The fourth-order valence-electron chi connectivity index (χ4n) is 4.21. The molecular formula is C29H25N3O3. The second-order valence-electron chi connectivity index (χ2n) is 8.46. The zero-order valence-electron chi connectivity index (χ0n) is 19.3. The molecule has 1 atom stereocenters. The number of hydrogen-bond acceptors (Lipinski definition) is 5. The van der Waals surface area contributed by atoms with Gasteiger partial charge in [0.05, 0.1) is 25.4 Å². The highest BCUT2D eigenvalue weighted by Crippen LogP contribution is 2.31. The summed E-state index contributed by atoms with van der Waals surface area (Å²) in [6.07, 6.45) is 15.4. The van der Waals surface area contributed by atoms with Gasteiger partial charge in [-0.3, -0.25) is 4.79 Å². The predicted octanol–water partition coefficient (Wildman–Crippen LogP) is 5.85. The van der Waals surface area contributed by atoms with Crippen molar-refractivity contribution in [3.05, 3.63) is 102 Å². The number of fused-ring (bicyclic) bond motifs is 1. The van der Waals surface area contributed by atoms with Gasteiger partial charge in [0.25, 0.3) is 0 Å². The van der Waals surface area contributed by atoms with Gasteiger partial charge in [0.1, 0.15) is 17.2 Å². The molecule has 2 aromatic carbocycles. The van der Waals surface area contributed by atoms with Crippen LogP contribution in [-0.4, -0.2) is 28.1 Å². The first-order valence-electron chi connectivity index (χ1n) is 11.5. The number of rotatable bonds is 6. The summed E-state index contributed by atoms with van der Waals surface area (Å²) in [6, 6.07) is 14.2. The van der Waals surface area contributed by atoms with Gasteiger partial charge in [-0.2, -0.15) is 0 Å². The predicted molar refractivity (Wildman–Crippen MR) is 137 cm³/mol. The SMILES string of the molecule is COc1ccc(-c2cnc(NC(=O)CC3=CC4CC=CC=C4C=C3)c(-c3ccc(O)cc3)n2)cc1. The highest BCUT2D eigenvalue weighted by Gasteiger charge is 2.18. The summed E-state index contributed by atoms with van der Waals surface area (Å²) in [5.74, 6) is 1.44. The molecule has 0 saturated carbocycles. The van der Waals surface area contributed by atoms with Crippen LogP contribution >= 0.6 is 0 Å². The Morgan fingerprint density at radius 3 is 2.63 bits per heavy atom. The molecule has 174 valence electrons. The number of methoxy groups -OCH3 is 1. The summed E-state index contributed by atoms with van der Waals surface area (Å²) in [4.78, 5) is 22.3. The molecule has 0 radical (unpaired) electrons. The van der Waals surface area contributed by atoms with Crippen LogP contribution in [0.25, 0.3) is 22.5 Å². The van der Waals surface area contributed by atoms with Crippen molar-refractivity contribution in [2.24, 2.45) is 5.92 Å². The lowest BCUT2D eigenvalue weighted by molar-refractivity contribution is -0.115. The standard InChI is InChI=1S/C29H25N3O3/c1-35-25-14-10-21(11-15-25)26-18-30-29(28(31-26)22-8-12-24(33)13-9-22)32-27(34)17-19-6-7-20-4-2-3-5-23(20)16-19/h2-4,6-16,18,23,33H,5,17H2,1H3,(H,30,32,34). The summed E-state index contributed by atoms with van der Waals surface area (Å²) < 4.78 is 5.24. The van der Waals surface area contributed by atoms with Crippen LogP contribution in [0.15, 0.2) is 102 Å². The van der Waals surface area contributed by atoms with Gasteiger partial charge >= 0.3 is 0 Å². The molecule has 1 amide bonds. The third-order valence-corrected chi connectivity index (χ3v) is 6.07. The van der Waals surface area contributed by atoms with Crippen molar-refractivity contribution >= 4 is 11.7 Å². The Balaban J connectivity index is 1.41. The molecule has 35 heavy (non-hydrogen) atoms. The molecule has 6 nitrogen and oxygen atoms in total. The number of hydrogen-bond donors (Lipinski definition) is 2. The van der Waals surface area contributed by atoms with Gasteiger partial charge in [-0.25, -0.2) is 9.97 Å². The van der Waals surface area contributed by atoms with Crippen LogP contribution in [0.4, 0.5) is 5.82 Å². The van der Waals surface area contributed by atoms with Gasteiger partial charge < -0.3 is 15.2 Å². The maximum atomic E-state index is 13.0. The normalized spacial score (nSPS) is 16.2. The van der Waals surface area contributed by atoms with Gasteiger partial charge in [-0.05, 0) is 66.1 Å². The second kappa shape index (κ2) is 9.81. The number of ether oxygens (including phenoxy) is 1. The van der Waals surface area contributed by atoms with Crippen molar-refractivity contribution in [2.45, 2.75) is 12.8 Å². The monoisotopic (exact) mass is 463 g/mol. The maximum Gasteiger partial charge on any atom is 0.229 e. The molecule has 0 saturated heterocycles. The number of aromatic nitrogens is 2. The summed E-state index contributed by atoms with van der Waals surface area (Å²) in [5.41, 5.74) is 5.06. The fraction of sp³-hybridized carbons (Fsp3) is 0.138. The van der Waals surface area contributed by atoms with Crippen LogP contribution in [0, 0.1) is 5.92 Å². The number of benzene rings is 2. The Hall–Kier alpha value is -4.45. The molecule has 3 aromatic rings. The van der Waals surface area contributed by atoms with Gasteiger partial charge in [-0.1, -0.05) is 36.5 Å². The summed E-state index contributed by atoms with van der Waals surface area (Å²) >= 11 is 0. The first-order chi connectivity index (χ1) is 17.1. The van der Waals surface area contributed by atoms with Crippen molar-refractivity contribution in [2.75, 3.05) is 12.4 Å². The van der Waals surface area contributed by atoms with Crippen molar-refractivity contribution in [1.29, 1.82) is 0 Å². The third-order valence-electron chi connectivity index (χ3n) is 6.07. The zero-order chi connectivity index (χ0) is 24.2. The van der Waals surface area contributed by atoms with E-state index in [1.807, 2.05) is 30.3 Å². The summed E-state index contributed by atoms with van der Waals surface area (Å²) in [5, 5.41) is 12.7. The number of aromatic hydroxyl groups is 1. The van der Waals surface area contributed by atoms with Crippen LogP contribution in [0.2, 0.25) is 0 Å². The Morgan fingerprint density at radius 1 is 1.09 bits per heavy atom. The lowest BCUT2D eigenvalue weighted by Crippen LogP contribution is -2.16. The number of carbonyl (C=O) groups is 1. The van der Waals surface area contributed by atoms with E-state index in [0.29, 0.717) is 23.1 Å². The molecule has 6 heteroatoms. The average molecular weight is 464 g/mol. The lowest BCUT2D eigenvalue weighted by atomic mass is 9.85. The van der Waals surface area contributed by atoms with E-state index in [0.717, 1.165) is 28.9 Å². The van der Waals surface area contributed by atoms with E-state index in [-0.39, 0.29) is 18.1 Å². The molecule has 2 aliphatic rings. The molecule has 2 aliphatic carbocycles. The van der Waals surface area contributed by atoms with Crippen molar-refractivity contribution in [1.82, 2.24) is 9.97 Å². The number of nitrogens with one attached hydrogen (secondary N) is 1. The van der Waals surface area contributed by atoms with Gasteiger partial charge in [0.2, 0.25) is 5.91 Å². The molecule has 0 bridgehead atoms. The van der Waals surface area contributed by atoms with E-state index >= 15 is 0 Å². The minimum Gasteiger partial charge on any atom is -0.508 e. The number of phenols is 1. The topological polar surface area (TPSA) is 84.3 Å². The maximum absolute atomic E-state index is 13.0. The smallest absolute Gasteiger partial charge is 0.229 e. The third kappa shape index (κ3) is 5.06. The van der Waals surface area contributed by atoms with Gasteiger partial charge in [0, 0.05) is 17.0 Å². The fourth-order valence-corrected chi connectivity index (χ4v) is 4.21. The number of anilines is 1. The number of carbonyl (C=O) groups excluding carboxylic acids is 1. The molecule has 0 fully saturated rings. The van der Waals surface area contributed by atoms with Crippen LogP contribution in [-0.2, 0) is 4.79 Å². The largest absolute Gasteiger partial charge is 0.508 e. The Kier molecular flexibility index (Phi) is 6.26. The van der Waals surface area contributed by atoms with Crippen molar-refractivity contribution in [3.8, 4) is 34.0 Å². The quantitative estimate of drug-likeness (QED) is 0.479. The zero-order valence-corrected chi connectivity index (χ0v) is 19.3. The minimum absolute atomic E-state index is 0.153. The second-order valence-corrected chi connectivity index (χ2v) is 8.46. The molecule has 2 N–H and O–H groups in total. The van der Waals surface area contributed by atoms with E-state index in [1.54, 1.807) is 37.6 Å². The lowest BCUT2D eigenvalue weighted by Gasteiger charge is -2.20. The van der Waals surface area contributed by atoms with E-state index in [4.69, 9.17) is 9.72 Å². The van der Waals surface area contributed by atoms with E-state index in [9.17, 15) is 9.90 Å². The van der Waals surface area contributed by atoms with Crippen LogP contribution in [0.1, 0.15) is 12.8 Å². The number of phenolic OH excluding ortho intramolecular Hbond substituents is 1. The Morgan fingerprint density at radius 2 is 1.86 bits per heavy atom. The van der Waals surface area contributed by atoms with Crippen LogP contribution in [0.5, 0.6) is 11.5 Å². The molecule has 0 spiro atoms. The van der Waals surface area contributed by atoms with E-state index in [1.165, 1.54) is 5.57 Å². The van der Waals surface area contributed by atoms with Crippen molar-refractivity contribution < 1.29 is 14.6 Å². The van der Waals surface area contributed by atoms with E-state index in [2.05, 4.69) is 40.7 Å². The minimum atomic E-state index is -0.161. The van der Waals surface area contributed by atoms with Crippen LogP contribution < -0.4 is 10.1 Å². The Labute approximate surface area is 204 Å². The van der Waals surface area contributed by atoms with Crippen LogP contribution in [0.3, 0.4) is 0 Å². The highest BCUT2D eigenvalue weighted by atomic mass is 16.5. The van der Waals surface area contributed by atoms with Gasteiger partial charge in [-0.15, -0.1) is 0 Å². The number of amides is 1. The molecular weight excluding hydrogens is 438 g/mol. The first kappa shape index (κ1) is 22.3. The summed E-state index contributed by atoms with van der Waals surface area (Å²) in [7, 11) is 1.62. The van der Waals surface area contributed by atoms with Gasteiger partial charge in [0.15, 0.2) is 5.82 Å². The Bertz CT molecular complexity index is 1370. The summed E-state index contributed by atoms with van der Waals surface area (Å²) in [6.45, 7) is 0. The van der Waals surface area contributed by atoms with Crippen molar-refractivity contribution in [3.63, 3.8) is 0 Å². The molecule has 5 rings (SSSR count). The molecule has 1 heterocycles. The average Bonchev–Trinajstić information content (AvgIpc) is 2.89. The first-order valence-corrected chi connectivity index (χ1v) is 11.5. The molecule has 1 unspecified atom stereocenters. The van der Waals surface area contributed by atoms with E-state index < -0.39 is 0 Å². The number of allylic oxidation sites excluding steroid dienone is 7.